The number of halogens is 2. The van der Waals surface area contributed by atoms with Gasteiger partial charge in [0.2, 0.25) is 0 Å². The molecule has 9 heteroatoms. The molecule has 0 spiro atoms. The molecule has 0 aliphatic heterocycles. The average Bonchev–Trinajstić information content (AvgIpc) is 3.10. The van der Waals surface area contributed by atoms with E-state index >= 15 is 0 Å². The zero-order valence-electron chi connectivity index (χ0n) is 18.7. The van der Waals surface area contributed by atoms with E-state index in [4.69, 9.17) is 9.47 Å². The molecule has 0 radical (unpaired) electrons. The third kappa shape index (κ3) is 6.17. The molecule has 1 heterocycles. The number of carbonyl (C=O) groups excluding carboxylic acids is 1. The number of hydrogen-bond acceptors (Lipinski definition) is 5. The first-order valence-electron chi connectivity index (χ1n) is 10.4. The molecule has 33 heavy (non-hydrogen) atoms. The molecule has 1 aromatic heterocycles. The Hall–Kier alpha value is -2.79. The lowest BCUT2D eigenvalue weighted by atomic mass is 10.2. The highest BCUT2D eigenvalue weighted by Crippen LogP contribution is 2.21. The Morgan fingerprint density at radius 3 is 2.58 bits per heavy atom. The van der Waals surface area contributed by atoms with Gasteiger partial charge in [-0.3, -0.25) is 4.57 Å². The Balaban J connectivity index is 1.83. The summed E-state index contributed by atoms with van der Waals surface area (Å²) in [6, 6.07) is 12.1. The molecule has 0 saturated heterocycles. The summed E-state index contributed by atoms with van der Waals surface area (Å²) >= 11 is 1.92. The van der Waals surface area contributed by atoms with Crippen LogP contribution in [0.3, 0.4) is 0 Å². The third-order valence-corrected chi connectivity index (χ3v) is 5.68. The molecular weight excluding hydrogens is 540 g/mol. The molecule has 3 aromatic rings. The summed E-state index contributed by atoms with van der Waals surface area (Å²) in [6.07, 6.45) is 1.76. The maximum atomic E-state index is 15.0. The Kier molecular flexibility index (Phi) is 8.56. The van der Waals surface area contributed by atoms with E-state index in [-0.39, 0.29) is 24.5 Å². The summed E-state index contributed by atoms with van der Waals surface area (Å²) in [5, 5.41) is 4.30. The van der Waals surface area contributed by atoms with Crippen LogP contribution in [0.2, 0.25) is 0 Å². The molecule has 3 rings (SSSR count). The van der Waals surface area contributed by atoms with E-state index in [2.05, 4.69) is 5.10 Å². The predicted octanol–water partition coefficient (Wildman–Crippen LogP) is 4.64. The van der Waals surface area contributed by atoms with E-state index < -0.39 is 17.5 Å². The molecule has 0 aliphatic carbocycles. The van der Waals surface area contributed by atoms with Gasteiger partial charge in [-0.2, -0.15) is 4.68 Å². The van der Waals surface area contributed by atoms with Gasteiger partial charge in [-0.25, -0.2) is 14.0 Å². The fourth-order valence-corrected chi connectivity index (χ4v) is 3.74. The highest BCUT2D eigenvalue weighted by Gasteiger charge is 2.21. The Bertz CT molecular complexity index is 1210. The van der Waals surface area contributed by atoms with Crippen molar-refractivity contribution in [1.82, 2.24) is 14.3 Å². The standard InChI is InChI=1S/C24H25FIN3O4/c1-4-28-22(15-32-14-17-8-6-5-7-9-17)27-29(24(28)31)21-13-20(26)18(12-19(21)25)23(30)33-11-10-16(2)3/h5-10,12-13H,4,11,14-15H2,1-3H3. The molecule has 2 aromatic carbocycles. The van der Waals surface area contributed by atoms with Crippen LogP contribution in [0.25, 0.3) is 5.69 Å². The number of benzene rings is 2. The van der Waals surface area contributed by atoms with Crippen molar-refractivity contribution in [3.05, 3.63) is 90.9 Å². The smallest absolute Gasteiger partial charge is 0.350 e. The minimum atomic E-state index is -0.746. The van der Waals surface area contributed by atoms with Crippen LogP contribution in [-0.4, -0.2) is 26.9 Å². The number of hydrogen-bond donors (Lipinski definition) is 0. The Morgan fingerprint density at radius 1 is 1.18 bits per heavy atom. The number of esters is 1. The van der Waals surface area contributed by atoms with Crippen LogP contribution in [0.4, 0.5) is 4.39 Å². The van der Waals surface area contributed by atoms with Crippen LogP contribution >= 0.6 is 22.6 Å². The average molecular weight is 565 g/mol. The molecule has 0 N–H and O–H groups in total. The lowest BCUT2D eigenvalue weighted by Crippen LogP contribution is -2.25. The number of nitrogens with zero attached hydrogens (tertiary/aromatic N) is 3. The van der Waals surface area contributed by atoms with Gasteiger partial charge in [0.15, 0.2) is 5.82 Å². The summed E-state index contributed by atoms with van der Waals surface area (Å²) in [7, 11) is 0. The fraction of sp³-hybridized carbons (Fsp3) is 0.292. The second-order valence-electron chi connectivity index (χ2n) is 7.50. The van der Waals surface area contributed by atoms with Crippen molar-refractivity contribution in [3.63, 3.8) is 0 Å². The van der Waals surface area contributed by atoms with E-state index in [0.29, 0.717) is 22.5 Å². The van der Waals surface area contributed by atoms with Crippen molar-refractivity contribution in [2.45, 2.75) is 40.5 Å². The van der Waals surface area contributed by atoms with Gasteiger partial charge < -0.3 is 9.47 Å². The van der Waals surface area contributed by atoms with E-state index in [9.17, 15) is 14.0 Å². The Morgan fingerprint density at radius 2 is 1.91 bits per heavy atom. The monoisotopic (exact) mass is 565 g/mol. The van der Waals surface area contributed by atoms with Gasteiger partial charge in [-0.15, -0.1) is 5.10 Å². The molecule has 0 saturated carbocycles. The van der Waals surface area contributed by atoms with Gasteiger partial charge in [0.25, 0.3) is 0 Å². The molecule has 0 fully saturated rings. The quantitative estimate of drug-likeness (QED) is 0.215. The van der Waals surface area contributed by atoms with Crippen LogP contribution in [0.5, 0.6) is 0 Å². The van der Waals surface area contributed by atoms with Gasteiger partial charge >= 0.3 is 11.7 Å². The molecule has 0 bridgehead atoms. The maximum absolute atomic E-state index is 15.0. The van der Waals surface area contributed by atoms with Crippen molar-refractivity contribution >= 4 is 28.6 Å². The largest absolute Gasteiger partial charge is 0.458 e. The van der Waals surface area contributed by atoms with Crippen LogP contribution in [0.1, 0.15) is 42.5 Å². The van der Waals surface area contributed by atoms with Gasteiger partial charge in [0.1, 0.15) is 24.7 Å². The highest BCUT2D eigenvalue weighted by molar-refractivity contribution is 14.1. The van der Waals surface area contributed by atoms with Gasteiger partial charge in [0, 0.05) is 10.1 Å². The normalized spacial score (nSPS) is 10.8. The number of ether oxygens (including phenoxy) is 2. The Labute approximate surface area is 205 Å². The summed E-state index contributed by atoms with van der Waals surface area (Å²) in [4.78, 5) is 25.2. The lowest BCUT2D eigenvalue weighted by Gasteiger charge is -2.08. The molecule has 0 atom stereocenters. The third-order valence-electron chi connectivity index (χ3n) is 4.79. The number of carbonyl (C=O) groups is 1. The van der Waals surface area contributed by atoms with Crippen molar-refractivity contribution in [2.75, 3.05) is 6.61 Å². The fourth-order valence-electron chi connectivity index (χ4n) is 3.07. The number of rotatable bonds is 9. The molecule has 174 valence electrons. The second kappa shape index (κ2) is 11.4. The van der Waals surface area contributed by atoms with Crippen molar-refractivity contribution in [3.8, 4) is 5.69 Å². The SMILES string of the molecule is CCn1c(COCc2ccccc2)nn(-c2cc(I)c(C(=O)OCC=C(C)C)cc2F)c1=O. The molecule has 0 amide bonds. The molecule has 0 unspecified atom stereocenters. The number of aromatic nitrogens is 3. The van der Waals surface area contributed by atoms with Gasteiger partial charge in [-0.1, -0.05) is 35.9 Å². The minimum Gasteiger partial charge on any atom is -0.458 e. The summed E-state index contributed by atoms with van der Waals surface area (Å²) in [6.45, 7) is 6.50. The molecule has 7 nitrogen and oxygen atoms in total. The van der Waals surface area contributed by atoms with Crippen LogP contribution in [0, 0.1) is 9.39 Å². The lowest BCUT2D eigenvalue weighted by molar-refractivity contribution is 0.0547. The van der Waals surface area contributed by atoms with Crippen molar-refractivity contribution in [2.24, 2.45) is 0 Å². The molecular formula is C24H25FIN3O4. The van der Waals surface area contributed by atoms with Gasteiger partial charge in [0.05, 0.1) is 12.2 Å². The van der Waals surface area contributed by atoms with Crippen LogP contribution < -0.4 is 5.69 Å². The van der Waals surface area contributed by atoms with Crippen molar-refractivity contribution in [1.29, 1.82) is 0 Å². The van der Waals surface area contributed by atoms with Crippen LogP contribution in [0.15, 0.2) is 58.9 Å². The minimum absolute atomic E-state index is 0.0400. The van der Waals surface area contributed by atoms with Crippen molar-refractivity contribution < 1.29 is 18.7 Å². The van der Waals surface area contributed by atoms with E-state index in [1.807, 2.05) is 66.8 Å². The van der Waals surface area contributed by atoms with Gasteiger partial charge in [-0.05, 0) is 67.1 Å². The zero-order chi connectivity index (χ0) is 24.0. The summed E-state index contributed by atoms with van der Waals surface area (Å²) in [5.41, 5.74) is 1.57. The zero-order valence-corrected chi connectivity index (χ0v) is 20.8. The van der Waals surface area contributed by atoms with Crippen LogP contribution in [-0.2, 0) is 29.2 Å². The predicted molar refractivity (Wildman–Crippen MR) is 131 cm³/mol. The second-order valence-corrected chi connectivity index (χ2v) is 8.66. The molecule has 0 aliphatic rings. The highest BCUT2D eigenvalue weighted by atomic mass is 127. The number of allylic oxidation sites excluding steroid dienone is 1. The van der Waals surface area contributed by atoms with E-state index in [1.165, 1.54) is 10.6 Å². The summed E-state index contributed by atoms with van der Waals surface area (Å²) < 4.78 is 28.7. The topological polar surface area (TPSA) is 75.3 Å². The first kappa shape index (κ1) is 24.8. The van der Waals surface area contributed by atoms with E-state index in [1.54, 1.807) is 13.0 Å². The summed E-state index contributed by atoms with van der Waals surface area (Å²) in [5.74, 6) is -0.994. The first-order chi connectivity index (χ1) is 15.8. The van der Waals surface area contributed by atoms with E-state index in [0.717, 1.165) is 21.9 Å². The first-order valence-corrected chi connectivity index (χ1v) is 11.5. The maximum Gasteiger partial charge on any atom is 0.350 e.